The lowest BCUT2D eigenvalue weighted by atomic mass is 9.77. The molecule has 4 heteroatoms. The van der Waals surface area contributed by atoms with E-state index in [9.17, 15) is 5.11 Å². The van der Waals surface area contributed by atoms with E-state index >= 15 is 0 Å². The second kappa shape index (κ2) is 3.95. The number of ether oxygens (including phenoxy) is 1. The number of para-hydroxylation sites is 2. The van der Waals surface area contributed by atoms with Crippen LogP contribution in [-0.4, -0.2) is 16.4 Å². The Morgan fingerprint density at radius 3 is 2.12 bits per heavy atom. The Morgan fingerprint density at radius 2 is 1.46 bits per heavy atom. The fourth-order valence-electron chi connectivity index (χ4n) is 4.90. The first kappa shape index (κ1) is 14.3. The van der Waals surface area contributed by atoms with Crippen molar-refractivity contribution in [2.45, 2.75) is 49.7 Å². The van der Waals surface area contributed by atoms with Gasteiger partial charge in [0.15, 0.2) is 5.72 Å². The van der Waals surface area contributed by atoms with Crippen molar-refractivity contribution in [1.29, 1.82) is 0 Å². The van der Waals surface area contributed by atoms with Gasteiger partial charge in [-0.05, 0) is 32.9 Å². The van der Waals surface area contributed by atoms with Gasteiger partial charge in [-0.1, -0.05) is 36.4 Å². The molecule has 1 fully saturated rings. The van der Waals surface area contributed by atoms with Crippen molar-refractivity contribution in [3.05, 3.63) is 59.7 Å². The van der Waals surface area contributed by atoms with E-state index in [2.05, 4.69) is 36.6 Å². The molecule has 4 nitrogen and oxygen atoms in total. The van der Waals surface area contributed by atoms with Crippen molar-refractivity contribution in [2.24, 2.45) is 0 Å². The molecule has 4 atom stereocenters. The molecule has 3 aliphatic rings. The minimum Gasteiger partial charge on any atom is -0.380 e. The van der Waals surface area contributed by atoms with E-state index in [4.69, 9.17) is 4.74 Å². The Morgan fingerprint density at radius 1 is 0.875 bits per heavy atom. The number of hydrogen-bond acceptors (Lipinski definition) is 4. The molecule has 24 heavy (non-hydrogen) atoms. The number of anilines is 2. The van der Waals surface area contributed by atoms with E-state index in [0.717, 1.165) is 22.5 Å². The van der Waals surface area contributed by atoms with Crippen molar-refractivity contribution in [3.8, 4) is 0 Å². The lowest BCUT2D eigenvalue weighted by molar-refractivity contribution is -0.181. The van der Waals surface area contributed by atoms with E-state index < -0.39 is 16.9 Å². The molecule has 124 valence electrons. The van der Waals surface area contributed by atoms with Crippen LogP contribution >= 0.6 is 0 Å². The van der Waals surface area contributed by atoms with Gasteiger partial charge in [0.05, 0.1) is 5.54 Å². The van der Waals surface area contributed by atoms with Gasteiger partial charge in [0.1, 0.15) is 11.2 Å². The summed E-state index contributed by atoms with van der Waals surface area (Å²) in [6.07, 6.45) is 0.660. The maximum atomic E-state index is 11.4. The average molecular weight is 322 g/mol. The summed E-state index contributed by atoms with van der Waals surface area (Å²) in [5.41, 5.74) is 1.36. The van der Waals surface area contributed by atoms with Crippen LogP contribution in [0.15, 0.2) is 48.5 Å². The molecule has 2 aromatic rings. The van der Waals surface area contributed by atoms with Crippen LogP contribution in [-0.2, 0) is 15.9 Å². The van der Waals surface area contributed by atoms with Gasteiger partial charge in [0, 0.05) is 28.9 Å². The van der Waals surface area contributed by atoms with E-state index in [1.807, 2.05) is 43.3 Å². The standard InChI is InChI=1S/C20H22N2O2/c1-17-12-20(18(2,23)13-8-4-6-10-15(13)22-20)24-19(17,3)14-9-5-7-11-16(14)21-17/h4-11,21-23H,12H2,1-3H3/t17-,18-,19-,20+/m0/s1. The van der Waals surface area contributed by atoms with Gasteiger partial charge in [-0.15, -0.1) is 0 Å². The highest BCUT2D eigenvalue weighted by Gasteiger charge is 2.71. The van der Waals surface area contributed by atoms with Gasteiger partial charge in [0.25, 0.3) is 0 Å². The Balaban J connectivity index is 1.67. The minimum absolute atomic E-state index is 0.296. The van der Waals surface area contributed by atoms with E-state index in [1.54, 1.807) is 0 Å². The number of nitrogens with one attached hydrogen (secondary N) is 2. The maximum absolute atomic E-state index is 11.4. The summed E-state index contributed by atoms with van der Waals surface area (Å²) in [6, 6.07) is 16.2. The predicted octanol–water partition coefficient (Wildman–Crippen LogP) is 3.54. The van der Waals surface area contributed by atoms with Crippen LogP contribution in [0.3, 0.4) is 0 Å². The summed E-state index contributed by atoms with van der Waals surface area (Å²) < 4.78 is 6.72. The minimum atomic E-state index is -1.10. The molecule has 2 aromatic carbocycles. The zero-order chi connectivity index (χ0) is 16.8. The van der Waals surface area contributed by atoms with Crippen LogP contribution in [0.2, 0.25) is 0 Å². The van der Waals surface area contributed by atoms with Gasteiger partial charge in [0.2, 0.25) is 0 Å². The molecule has 1 saturated heterocycles. The summed E-state index contributed by atoms with van der Waals surface area (Å²) in [4.78, 5) is 0. The Bertz CT molecular complexity index is 864. The fourth-order valence-corrected chi connectivity index (χ4v) is 4.90. The molecule has 0 radical (unpaired) electrons. The molecule has 0 bridgehead atoms. The second-order valence-corrected chi connectivity index (χ2v) is 7.88. The molecule has 1 spiro atoms. The van der Waals surface area contributed by atoms with Crippen molar-refractivity contribution in [2.75, 3.05) is 10.6 Å². The SMILES string of the molecule is C[C@]1(O)c2ccccc2N[C@@]12C[C@]1(C)Nc3ccccc3[C@]1(C)O2. The monoisotopic (exact) mass is 322 g/mol. The summed E-state index contributed by atoms with van der Waals surface area (Å²) >= 11 is 0. The highest BCUT2D eigenvalue weighted by molar-refractivity contribution is 5.67. The van der Waals surface area contributed by atoms with Gasteiger partial charge in [-0.2, -0.15) is 0 Å². The van der Waals surface area contributed by atoms with Gasteiger partial charge in [-0.25, -0.2) is 0 Å². The van der Waals surface area contributed by atoms with Gasteiger partial charge in [-0.3, -0.25) is 0 Å². The largest absolute Gasteiger partial charge is 0.380 e. The van der Waals surface area contributed by atoms with Crippen molar-refractivity contribution in [3.63, 3.8) is 0 Å². The lowest BCUT2D eigenvalue weighted by Gasteiger charge is -2.38. The first-order chi connectivity index (χ1) is 11.3. The summed E-state index contributed by atoms with van der Waals surface area (Å²) in [6.45, 7) is 6.16. The molecule has 5 rings (SSSR count). The van der Waals surface area contributed by atoms with Crippen LogP contribution < -0.4 is 10.6 Å². The normalized spacial score (nSPS) is 41.5. The first-order valence-corrected chi connectivity index (χ1v) is 8.49. The van der Waals surface area contributed by atoms with Crippen LogP contribution in [0.5, 0.6) is 0 Å². The van der Waals surface area contributed by atoms with E-state index in [-0.39, 0.29) is 5.54 Å². The predicted molar refractivity (Wildman–Crippen MR) is 93.9 cm³/mol. The van der Waals surface area contributed by atoms with Crippen LogP contribution in [0.4, 0.5) is 11.4 Å². The van der Waals surface area contributed by atoms with Crippen LogP contribution in [0.1, 0.15) is 38.3 Å². The Kier molecular flexibility index (Phi) is 2.36. The third-order valence-corrected chi connectivity index (χ3v) is 6.46. The van der Waals surface area contributed by atoms with E-state index in [0.29, 0.717) is 6.42 Å². The average Bonchev–Trinajstić information content (AvgIpc) is 2.98. The molecule has 3 aliphatic heterocycles. The lowest BCUT2D eigenvalue weighted by Crippen LogP contribution is -2.52. The fraction of sp³-hybridized carbons (Fsp3) is 0.400. The number of fused-ring (bicyclic) bond motifs is 4. The van der Waals surface area contributed by atoms with Crippen molar-refractivity contribution in [1.82, 2.24) is 0 Å². The molecular formula is C20H22N2O2. The summed E-state index contributed by atoms with van der Waals surface area (Å²) in [7, 11) is 0. The number of aliphatic hydroxyl groups is 1. The first-order valence-electron chi connectivity index (χ1n) is 8.49. The van der Waals surface area contributed by atoms with Crippen molar-refractivity contribution >= 4 is 11.4 Å². The molecular weight excluding hydrogens is 300 g/mol. The maximum Gasteiger partial charge on any atom is 0.175 e. The number of rotatable bonds is 0. The molecule has 0 saturated carbocycles. The third-order valence-electron chi connectivity index (χ3n) is 6.46. The summed E-state index contributed by atoms with van der Waals surface area (Å²) in [5.74, 6) is 0. The Labute approximate surface area is 141 Å². The zero-order valence-corrected chi connectivity index (χ0v) is 14.2. The Hall–Kier alpha value is -2.04. The van der Waals surface area contributed by atoms with Gasteiger partial charge >= 0.3 is 0 Å². The zero-order valence-electron chi connectivity index (χ0n) is 14.2. The van der Waals surface area contributed by atoms with E-state index in [1.165, 1.54) is 0 Å². The molecule has 0 amide bonds. The summed E-state index contributed by atoms with van der Waals surface area (Å²) in [5, 5.41) is 18.6. The second-order valence-electron chi connectivity index (χ2n) is 7.88. The van der Waals surface area contributed by atoms with Crippen LogP contribution in [0.25, 0.3) is 0 Å². The quantitative estimate of drug-likeness (QED) is 0.694. The molecule has 0 unspecified atom stereocenters. The highest BCUT2D eigenvalue weighted by Crippen LogP contribution is 2.64. The molecule has 0 aromatic heterocycles. The highest BCUT2D eigenvalue weighted by atomic mass is 16.6. The smallest absolute Gasteiger partial charge is 0.175 e. The van der Waals surface area contributed by atoms with Crippen molar-refractivity contribution < 1.29 is 9.84 Å². The number of hydrogen-bond donors (Lipinski definition) is 3. The third kappa shape index (κ3) is 1.39. The molecule has 3 heterocycles. The molecule has 3 N–H and O–H groups in total. The molecule has 0 aliphatic carbocycles. The topological polar surface area (TPSA) is 53.5 Å². The number of benzene rings is 2. The van der Waals surface area contributed by atoms with Crippen LogP contribution in [0, 0.1) is 0 Å². The van der Waals surface area contributed by atoms with Gasteiger partial charge < -0.3 is 20.5 Å².